The van der Waals surface area contributed by atoms with Crippen LogP contribution in [0.15, 0.2) is 29.3 Å². The first-order valence-electron chi connectivity index (χ1n) is 9.81. The van der Waals surface area contributed by atoms with Crippen LogP contribution in [-0.4, -0.2) is 62.5 Å². The van der Waals surface area contributed by atoms with Crippen LogP contribution in [0.25, 0.3) is 0 Å². The summed E-state index contributed by atoms with van der Waals surface area (Å²) in [5.41, 5.74) is 2.70. The predicted molar refractivity (Wildman–Crippen MR) is 102 cm³/mol. The van der Waals surface area contributed by atoms with Crippen molar-refractivity contribution in [2.24, 2.45) is 4.99 Å². The molecule has 0 amide bonds. The lowest BCUT2D eigenvalue weighted by Gasteiger charge is -2.27. The van der Waals surface area contributed by atoms with E-state index < -0.39 is 0 Å². The minimum absolute atomic E-state index is 0.354. The summed E-state index contributed by atoms with van der Waals surface area (Å²) in [7, 11) is 1.84. The monoisotopic (exact) mass is 358 g/mol. The summed E-state index contributed by atoms with van der Waals surface area (Å²) < 4.78 is 11.4. The number of hydrogen-bond acceptors (Lipinski definition) is 4. The molecule has 4 rings (SSSR count). The van der Waals surface area contributed by atoms with Crippen molar-refractivity contribution in [2.45, 2.75) is 50.6 Å². The van der Waals surface area contributed by atoms with Gasteiger partial charge >= 0.3 is 0 Å². The Morgan fingerprint density at radius 2 is 2.00 bits per heavy atom. The molecule has 3 aliphatic heterocycles. The molecule has 2 N–H and O–H groups in total. The van der Waals surface area contributed by atoms with Gasteiger partial charge in [-0.1, -0.05) is 24.3 Å². The number of nitrogens with zero attached hydrogens (tertiary/aromatic N) is 2. The maximum absolute atomic E-state index is 5.94. The molecule has 3 unspecified atom stereocenters. The normalized spacial score (nSPS) is 29.1. The first-order valence-corrected chi connectivity index (χ1v) is 9.81. The van der Waals surface area contributed by atoms with Crippen LogP contribution in [-0.2, 0) is 22.6 Å². The zero-order chi connectivity index (χ0) is 17.8. The van der Waals surface area contributed by atoms with Gasteiger partial charge in [0, 0.05) is 33.2 Å². The molecule has 142 valence electrons. The second-order valence-corrected chi connectivity index (χ2v) is 7.44. The van der Waals surface area contributed by atoms with Gasteiger partial charge in [-0.2, -0.15) is 0 Å². The Kier molecular flexibility index (Phi) is 5.72. The van der Waals surface area contributed by atoms with Gasteiger partial charge in [-0.25, -0.2) is 0 Å². The molecule has 0 aromatic heterocycles. The van der Waals surface area contributed by atoms with Crippen LogP contribution in [0.4, 0.5) is 0 Å². The van der Waals surface area contributed by atoms with E-state index in [9.17, 15) is 0 Å². The molecular weight excluding hydrogens is 328 g/mol. The van der Waals surface area contributed by atoms with E-state index >= 15 is 0 Å². The summed E-state index contributed by atoms with van der Waals surface area (Å²) in [6.07, 6.45) is 4.28. The average molecular weight is 358 g/mol. The van der Waals surface area contributed by atoms with E-state index in [4.69, 9.17) is 9.47 Å². The van der Waals surface area contributed by atoms with Gasteiger partial charge in [0.1, 0.15) is 0 Å². The molecule has 1 aromatic carbocycles. The van der Waals surface area contributed by atoms with E-state index in [-0.39, 0.29) is 0 Å². The van der Waals surface area contributed by atoms with Gasteiger partial charge in [-0.3, -0.25) is 9.89 Å². The summed E-state index contributed by atoms with van der Waals surface area (Å²) in [4.78, 5) is 6.87. The number of benzene rings is 1. The Morgan fingerprint density at radius 1 is 1.19 bits per heavy atom. The molecule has 6 nitrogen and oxygen atoms in total. The summed E-state index contributed by atoms with van der Waals surface area (Å²) in [6, 6.07) is 9.06. The van der Waals surface area contributed by atoms with Gasteiger partial charge in [0.25, 0.3) is 0 Å². The minimum Gasteiger partial charge on any atom is -0.379 e. The fourth-order valence-electron chi connectivity index (χ4n) is 4.22. The third-order valence-electron chi connectivity index (χ3n) is 5.71. The average Bonchev–Trinajstić information content (AvgIpc) is 3.30. The van der Waals surface area contributed by atoms with Crippen molar-refractivity contribution >= 4 is 5.96 Å². The molecule has 0 spiro atoms. The maximum atomic E-state index is 5.94. The highest BCUT2D eigenvalue weighted by molar-refractivity contribution is 5.80. The Labute approximate surface area is 156 Å². The van der Waals surface area contributed by atoms with Crippen LogP contribution in [0.2, 0.25) is 0 Å². The summed E-state index contributed by atoms with van der Waals surface area (Å²) >= 11 is 0. The zero-order valence-corrected chi connectivity index (χ0v) is 15.6. The molecule has 0 aliphatic carbocycles. The van der Waals surface area contributed by atoms with Crippen molar-refractivity contribution in [1.82, 2.24) is 15.5 Å². The van der Waals surface area contributed by atoms with Crippen molar-refractivity contribution < 1.29 is 9.47 Å². The van der Waals surface area contributed by atoms with Gasteiger partial charge in [0.15, 0.2) is 5.96 Å². The van der Waals surface area contributed by atoms with Crippen LogP contribution < -0.4 is 10.6 Å². The zero-order valence-electron chi connectivity index (χ0n) is 15.6. The fourth-order valence-corrected chi connectivity index (χ4v) is 4.22. The van der Waals surface area contributed by atoms with Crippen LogP contribution >= 0.6 is 0 Å². The third-order valence-corrected chi connectivity index (χ3v) is 5.71. The fraction of sp³-hybridized carbons (Fsp3) is 0.650. The first kappa shape index (κ1) is 17.8. The lowest BCUT2D eigenvalue weighted by molar-refractivity contribution is 0.0341. The number of fused-ring (bicyclic) bond motifs is 2. The number of guanidine groups is 1. The standard InChI is InChI=1S/C20H30N4O2/c1-21-20(23-18-12-17-6-7-19(18)26-17)22-13-15-4-2-3-5-16(15)14-24-8-10-25-11-9-24/h2-5,17-19H,6-14H2,1H3,(H2,21,22,23). The molecule has 3 atom stereocenters. The van der Waals surface area contributed by atoms with Crippen LogP contribution in [0, 0.1) is 0 Å². The quantitative estimate of drug-likeness (QED) is 0.617. The molecule has 3 saturated heterocycles. The van der Waals surface area contributed by atoms with Gasteiger partial charge in [-0.15, -0.1) is 0 Å². The molecule has 0 saturated carbocycles. The van der Waals surface area contributed by atoms with Gasteiger partial charge in [-0.05, 0) is 30.4 Å². The second-order valence-electron chi connectivity index (χ2n) is 7.44. The molecule has 3 heterocycles. The lowest BCUT2D eigenvalue weighted by atomic mass is 9.96. The van der Waals surface area contributed by atoms with Crippen molar-refractivity contribution in [3.05, 3.63) is 35.4 Å². The summed E-state index contributed by atoms with van der Waals surface area (Å²) in [6.45, 7) is 5.45. The first-order chi connectivity index (χ1) is 12.8. The van der Waals surface area contributed by atoms with E-state index in [0.29, 0.717) is 18.2 Å². The Morgan fingerprint density at radius 3 is 2.69 bits per heavy atom. The van der Waals surface area contributed by atoms with Crippen molar-refractivity contribution in [2.75, 3.05) is 33.4 Å². The Bertz CT molecular complexity index is 630. The van der Waals surface area contributed by atoms with Crippen molar-refractivity contribution in [3.63, 3.8) is 0 Å². The van der Waals surface area contributed by atoms with E-state index in [1.54, 1.807) is 0 Å². The topological polar surface area (TPSA) is 58.1 Å². The highest BCUT2D eigenvalue weighted by atomic mass is 16.5. The molecular formula is C20H30N4O2. The molecule has 1 aromatic rings. The molecule has 0 radical (unpaired) electrons. The lowest BCUT2D eigenvalue weighted by Crippen LogP contribution is -2.47. The Balaban J connectivity index is 1.33. The van der Waals surface area contributed by atoms with E-state index in [1.165, 1.54) is 24.0 Å². The van der Waals surface area contributed by atoms with E-state index in [0.717, 1.165) is 51.8 Å². The predicted octanol–water partition coefficient (Wildman–Crippen LogP) is 1.50. The highest BCUT2D eigenvalue weighted by Crippen LogP contribution is 2.34. The van der Waals surface area contributed by atoms with Crippen LogP contribution in [0.1, 0.15) is 30.4 Å². The smallest absolute Gasteiger partial charge is 0.191 e. The SMILES string of the molecule is CN=C(NCc1ccccc1CN1CCOCC1)NC1CC2CCC1O2. The number of aliphatic imine (C=N–C) groups is 1. The van der Waals surface area contributed by atoms with E-state index in [2.05, 4.69) is 44.8 Å². The highest BCUT2D eigenvalue weighted by Gasteiger charge is 2.41. The van der Waals surface area contributed by atoms with Gasteiger partial charge in [0.05, 0.1) is 31.5 Å². The second kappa shape index (κ2) is 8.37. The molecule has 6 heteroatoms. The number of ether oxygens (including phenoxy) is 2. The van der Waals surface area contributed by atoms with Gasteiger partial charge < -0.3 is 20.1 Å². The number of nitrogens with one attached hydrogen (secondary N) is 2. The third kappa shape index (κ3) is 4.19. The Hall–Kier alpha value is -1.63. The summed E-state index contributed by atoms with van der Waals surface area (Å²) in [5.74, 6) is 0.868. The van der Waals surface area contributed by atoms with E-state index in [1.807, 2.05) is 7.05 Å². The molecule has 3 fully saturated rings. The number of morpholine rings is 1. The van der Waals surface area contributed by atoms with Gasteiger partial charge in [0.2, 0.25) is 0 Å². The van der Waals surface area contributed by atoms with Crippen LogP contribution in [0.5, 0.6) is 0 Å². The number of hydrogen-bond donors (Lipinski definition) is 2. The largest absolute Gasteiger partial charge is 0.379 e. The molecule has 26 heavy (non-hydrogen) atoms. The van der Waals surface area contributed by atoms with Crippen LogP contribution in [0.3, 0.4) is 0 Å². The molecule has 2 bridgehead atoms. The maximum Gasteiger partial charge on any atom is 0.191 e. The van der Waals surface area contributed by atoms with Crippen molar-refractivity contribution in [3.8, 4) is 0 Å². The molecule has 3 aliphatic rings. The summed E-state index contributed by atoms with van der Waals surface area (Å²) in [5, 5.41) is 7.04. The van der Waals surface area contributed by atoms with Crippen molar-refractivity contribution in [1.29, 1.82) is 0 Å². The number of rotatable bonds is 5. The minimum atomic E-state index is 0.354.